The molecule has 1 aromatic carbocycles. The van der Waals surface area contributed by atoms with Crippen molar-refractivity contribution in [2.45, 2.75) is 18.4 Å². The first-order valence-corrected chi connectivity index (χ1v) is 6.97. The lowest BCUT2D eigenvalue weighted by molar-refractivity contribution is -0.0906. The molecular weight excluding hydrogens is 224 g/mol. The Morgan fingerprint density at radius 3 is 2.78 bits per heavy atom. The Kier molecular flexibility index (Phi) is 2.39. The first-order chi connectivity index (χ1) is 8.83. The monoisotopic (exact) mass is 244 g/mol. The summed E-state index contributed by atoms with van der Waals surface area (Å²) in [5.41, 5.74) is 4.67. The Labute approximate surface area is 108 Å². The topological polar surface area (TPSA) is 15.7 Å². The molecule has 0 unspecified atom stereocenters. The van der Waals surface area contributed by atoms with Crippen LogP contribution in [0.3, 0.4) is 0 Å². The largest absolute Gasteiger partial charge is 0.378 e. The number of likely N-dealkylation sites (tertiary alicyclic amines) is 1. The van der Waals surface area contributed by atoms with Gasteiger partial charge in [0.2, 0.25) is 0 Å². The lowest BCUT2D eigenvalue weighted by Gasteiger charge is -2.48. The number of benzene rings is 1. The number of likely N-dealkylation sites (N-methyl/N-ethyl adjacent to an activating group) is 1. The highest BCUT2D eigenvalue weighted by molar-refractivity contribution is 5.61. The number of hydrogen-bond acceptors (Lipinski definition) is 3. The van der Waals surface area contributed by atoms with Crippen molar-refractivity contribution in [2.75, 3.05) is 44.8 Å². The van der Waals surface area contributed by atoms with E-state index in [0.717, 1.165) is 19.1 Å². The average Bonchev–Trinajstić information content (AvgIpc) is 2.63. The fourth-order valence-electron chi connectivity index (χ4n) is 3.45. The van der Waals surface area contributed by atoms with E-state index in [1.807, 2.05) is 0 Å². The second-order valence-corrected chi connectivity index (χ2v) is 5.86. The van der Waals surface area contributed by atoms with Gasteiger partial charge in [-0.1, -0.05) is 12.1 Å². The third-order valence-electron chi connectivity index (χ3n) is 4.78. The van der Waals surface area contributed by atoms with E-state index in [-0.39, 0.29) is 0 Å². The van der Waals surface area contributed by atoms with E-state index in [9.17, 15) is 0 Å². The van der Waals surface area contributed by atoms with Crippen molar-refractivity contribution in [3.05, 3.63) is 29.3 Å². The predicted molar refractivity (Wildman–Crippen MR) is 72.3 cm³/mol. The number of hydrogen-bond donors (Lipinski definition) is 0. The van der Waals surface area contributed by atoms with Gasteiger partial charge < -0.3 is 9.64 Å². The highest BCUT2D eigenvalue weighted by Crippen LogP contribution is 2.38. The molecule has 2 saturated heterocycles. The Balaban J connectivity index is 1.53. The molecule has 3 aliphatic rings. The van der Waals surface area contributed by atoms with Gasteiger partial charge in [0.05, 0.1) is 19.3 Å². The molecule has 0 atom stereocenters. The summed E-state index contributed by atoms with van der Waals surface area (Å²) in [6.45, 7) is 5.53. The highest BCUT2D eigenvalue weighted by atomic mass is 16.5. The van der Waals surface area contributed by atoms with Crippen LogP contribution in [0, 0.1) is 0 Å². The number of nitrogens with zero attached hydrogens (tertiary/aromatic N) is 2. The van der Waals surface area contributed by atoms with Gasteiger partial charge in [0.25, 0.3) is 0 Å². The fraction of sp³-hybridized carbons (Fsp3) is 0.600. The van der Waals surface area contributed by atoms with E-state index in [4.69, 9.17) is 4.74 Å². The van der Waals surface area contributed by atoms with Gasteiger partial charge in [-0.2, -0.15) is 0 Å². The summed E-state index contributed by atoms with van der Waals surface area (Å²) < 4.78 is 5.27. The van der Waals surface area contributed by atoms with Crippen molar-refractivity contribution in [1.82, 2.24) is 4.90 Å². The second kappa shape index (κ2) is 3.97. The van der Waals surface area contributed by atoms with Gasteiger partial charge in [0, 0.05) is 38.3 Å². The molecule has 0 aliphatic carbocycles. The molecule has 96 valence electrons. The summed E-state index contributed by atoms with van der Waals surface area (Å²) in [6, 6.07) is 7.55. The molecule has 3 heteroatoms. The van der Waals surface area contributed by atoms with Crippen LogP contribution in [-0.4, -0.2) is 50.8 Å². The third kappa shape index (κ3) is 1.50. The minimum atomic E-state index is 0.709. The summed E-state index contributed by atoms with van der Waals surface area (Å²) in [7, 11) is 2.20. The van der Waals surface area contributed by atoms with E-state index < -0.39 is 0 Å². The SMILES string of the molecule is CN1CCc2c(C3CN(C4COC4)C3)cccc21. The standard InChI is InChI=1S/C15H20N2O/c1-16-6-5-14-13(3-2-4-15(14)16)11-7-17(8-11)12-9-18-10-12/h2-4,11-12H,5-10H2,1H3. The van der Waals surface area contributed by atoms with Crippen LogP contribution in [-0.2, 0) is 11.2 Å². The van der Waals surface area contributed by atoms with Gasteiger partial charge in [-0.15, -0.1) is 0 Å². The van der Waals surface area contributed by atoms with Gasteiger partial charge in [-0.3, -0.25) is 4.90 Å². The number of rotatable bonds is 2. The zero-order chi connectivity index (χ0) is 12.1. The van der Waals surface area contributed by atoms with Crippen LogP contribution < -0.4 is 4.90 Å². The van der Waals surface area contributed by atoms with Crippen LogP contribution in [0.25, 0.3) is 0 Å². The molecule has 3 aliphatic heterocycles. The van der Waals surface area contributed by atoms with Gasteiger partial charge >= 0.3 is 0 Å². The summed E-state index contributed by atoms with van der Waals surface area (Å²) in [5, 5.41) is 0. The Hall–Kier alpha value is -1.06. The zero-order valence-electron chi connectivity index (χ0n) is 10.9. The van der Waals surface area contributed by atoms with E-state index in [2.05, 4.69) is 35.0 Å². The lowest BCUT2D eigenvalue weighted by atomic mass is 9.86. The number of fused-ring (bicyclic) bond motifs is 1. The summed E-state index contributed by atoms with van der Waals surface area (Å²) in [4.78, 5) is 4.96. The van der Waals surface area contributed by atoms with E-state index in [0.29, 0.717) is 6.04 Å². The van der Waals surface area contributed by atoms with Gasteiger partial charge in [-0.05, 0) is 23.6 Å². The van der Waals surface area contributed by atoms with Crippen LogP contribution in [0.2, 0.25) is 0 Å². The van der Waals surface area contributed by atoms with Crippen molar-refractivity contribution < 1.29 is 4.74 Å². The minimum absolute atomic E-state index is 0.709. The third-order valence-corrected chi connectivity index (χ3v) is 4.78. The normalized spacial score (nSPS) is 24.8. The molecule has 0 spiro atoms. The molecule has 0 radical (unpaired) electrons. The second-order valence-electron chi connectivity index (χ2n) is 5.86. The van der Waals surface area contributed by atoms with Gasteiger partial charge in [0.1, 0.15) is 0 Å². The molecule has 0 aromatic heterocycles. The van der Waals surface area contributed by atoms with Crippen molar-refractivity contribution in [3.8, 4) is 0 Å². The molecule has 1 aromatic rings. The van der Waals surface area contributed by atoms with Crippen LogP contribution in [0.4, 0.5) is 5.69 Å². The van der Waals surface area contributed by atoms with E-state index in [1.54, 1.807) is 11.1 Å². The molecule has 0 amide bonds. The van der Waals surface area contributed by atoms with Crippen LogP contribution in [0.1, 0.15) is 17.0 Å². The molecule has 0 saturated carbocycles. The first-order valence-electron chi connectivity index (χ1n) is 6.97. The number of ether oxygens (including phenoxy) is 1. The molecular formula is C15H20N2O. The van der Waals surface area contributed by atoms with E-state index >= 15 is 0 Å². The predicted octanol–water partition coefficient (Wildman–Crippen LogP) is 1.48. The fourth-order valence-corrected chi connectivity index (χ4v) is 3.45. The molecule has 2 fully saturated rings. The summed E-state index contributed by atoms with van der Waals surface area (Å²) in [6.07, 6.45) is 1.23. The minimum Gasteiger partial charge on any atom is -0.378 e. The maximum Gasteiger partial charge on any atom is 0.0645 e. The highest BCUT2D eigenvalue weighted by Gasteiger charge is 2.38. The smallest absolute Gasteiger partial charge is 0.0645 e. The first kappa shape index (κ1) is 10.8. The van der Waals surface area contributed by atoms with Crippen LogP contribution in [0.15, 0.2) is 18.2 Å². The van der Waals surface area contributed by atoms with Crippen molar-refractivity contribution in [1.29, 1.82) is 0 Å². The van der Waals surface area contributed by atoms with Crippen molar-refractivity contribution >= 4 is 5.69 Å². The Bertz CT molecular complexity index is 464. The zero-order valence-corrected chi connectivity index (χ0v) is 10.9. The van der Waals surface area contributed by atoms with E-state index in [1.165, 1.54) is 31.7 Å². The van der Waals surface area contributed by atoms with Gasteiger partial charge in [-0.25, -0.2) is 0 Å². The van der Waals surface area contributed by atoms with Crippen molar-refractivity contribution in [3.63, 3.8) is 0 Å². The molecule has 4 rings (SSSR count). The Morgan fingerprint density at radius 1 is 1.22 bits per heavy atom. The van der Waals surface area contributed by atoms with Gasteiger partial charge in [0.15, 0.2) is 0 Å². The molecule has 18 heavy (non-hydrogen) atoms. The van der Waals surface area contributed by atoms with Crippen molar-refractivity contribution in [2.24, 2.45) is 0 Å². The summed E-state index contributed by atoms with van der Waals surface area (Å²) >= 11 is 0. The summed E-state index contributed by atoms with van der Waals surface area (Å²) in [5.74, 6) is 0.757. The van der Waals surface area contributed by atoms with Crippen LogP contribution in [0.5, 0.6) is 0 Å². The lowest BCUT2D eigenvalue weighted by Crippen LogP contribution is -2.58. The maximum atomic E-state index is 5.27. The average molecular weight is 244 g/mol. The molecule has 3 heterocycles. The number of anilines is 1. The molecule has 3 nitrogen and oxygen atoms in total. The molecule has 0 bridgehead atoms. The Morgan fingerprint density at radius 2 is 2.06 bits per heavy atom. The quantitative estimate of drug-likeness (QED) is 0.783. The van der Waals surface area contributed by atoms with Crippen LogP contribution >= 0.6 is 0 Å². The molecule has 0 N–H and O–H groups in total. The maximum absolute atomic E-state index is 5.27.